The number of carbonyl (C=O) groups excluding carboxylic acids is 2. The van der Waals surface area contributed by atoms with Gasteiger partial charge in [0.25, 0.3) is 0 Å². The standard InChI is InChI=1S/C35H46N4O3/c1-27(2)23-33(37(3)4)34(40)36-32(24-28-15-17-31(18-16-28)42-26-30-13-9-6-10-14-30)35(41)39-21-19-38(20-22-39)25-29-11-7-5-8-12-29/h5-18,27,32-33H,19-26H2,1-4H3,(H,36,40). The van der Waals surface area contributed by atoms with Gasteiger partial charge in [0.1, 0.15) is 18.4 Å². The minimum atomic E-state index is -0.635. The zero-order chi connectivity index (χ0) is 29.9. The van der Waals surface area contributed by atoms with Gasteiger partial charge in [-0.25, -0.2) is 0 Å². The Balaban J connectivity index is 1.42. The summed E-state index contributed by atoms with van der Waals surface area (Å²) in [4.78, 5) is 33.6. The van der Waals surface area contributed by atoms with E-state index in [0.29, 0.717) is 32.0 Å². The molecule has 0 aliphatic carbocycles. The van der Waals surface area contributed by atoms with E-state index < -0.39 is 6.04 Å². The Morgan fingerprint density at radius 3 is 1.98 bits per heavy atom. The van der Waals surface area contributed by atoms with Crippen LogP contribution in [0.1, 0.15) is 37.0 Å². The molecule has 1 N–H and O–H groups in total. The molecule has 224 valence electrons. The van der Waals surface area contributed by atoms with Crippen LogP contribution < -0.4 is 10.1 Å². The van der Waals surface area contributed by atoms with Gasteiger partial charge in [0.05, 0.1) is 6.04 Å². The van der Waals surface area contributed by atoms with E-state index in [-0.39, 0.29) is 17.9 Å². The van der Waals surface area contributed by atoms with Gasteiger partial charge in [-0.05, 0) is 55.3 Å². The lowest BCUT2D eigenvalue weighted by Crippen LogP contribution is -2.57. The van der Waals surface area contributed by atoms with Crippen LogP contribution in [0.3, 0.4) is 0 Å². The van der Waals surface area contributed by atoms with Crippen molar-refractivity contribution in [2.24, 2.45) is 5.92 Å². The summed E-state index contributed by atoms with van der Waals surface area (Å²) in [6, 6.07) is 27.4. The van der Waals surface area contributed by atoms with Gasteiger partial charge in [0, 0.05) is 39.1 Å². The van der Waals surface area contributed by atoms with Gasteiger partial charge in [-0.1, -0.05) is 86.6 Å². The van der Waals surface area contributed by atoms with Crippen molar-refractivity contribution in [1.29, 1.82) is 0 Å². The lowest BCUT2D eigenvalue weighted by molar-refractivity contribution is -0.139. The Bertz CT molecular complexity index is 1240. The van der Waals surface area contributed by atoms with Crippen molar-refractivity contribution in [3.63, 3.8) is 0 Å². The number of likely N-dealkylation sites (N-methyl/N-ethyl adjacent to an activating group) is 1. The normalized spacial score (nSPS) is 15.4. The molecule has 1 heterocycles. The summed E-state index contributed by atoms with van der Waals surface area (Å²) in [7, 11) is 3.84. The summed E-state index contributed by atoms with van der Waals surface area (Å²) < 4.78 is 5.95. The SMILES string of the molecule is CC(C)CC(C(=O)NC(Cc1ccc(OCc2ccccc2)cc1)C(=O)N1CCN(Cc2ccccc2)CC1)N(C)C. The molecule has 3 aromatic carbocycles. The Labute approximate surface area is 251 Å². The predicted molar refractivity (Wildman–Crippen MR) is 168 cm³/mol. The van der Waals surface area contributed by atoms with Gasteiger partial charge in [-0.2, -0.15) is 0 Å². The third kappa shape index (κ3) is 9.43. The molecule has 2 unspecified atom stereocenters. The third-order valence-corrected chi connectivity index (χ3v) is 7.78. The first-order valence-electron chi connectivity index (χ1n) is 15.1. The smallest absolute Gasteiger partial charge is 0.245 e. The molecule has 1 aliphatic rings. The zero-order valence-corrected chi connectivity index (χ0v) is 25.5. The number of amides is 2. The molecule has 0 aromatic heterocycles. The molecule has 7 nitrogen and oxygen atoms in total. The van der Waals surface area contributed by atoms with Crippen molar-refractivity contribution in [2.75, 3.05) is 40.3 Å². The van der Waals surface area contributed by atoms with Gasteiger partial charge in [0.2, 0.25) is 11.8 Å². The van der Waals surface area contributed by atoms with Crippen LogP contribution >= 0.6 is 0 Å². The molecule has 0 saturated carbocycles. The highest BCUT2D eigenvalue weighted by atomic mass is 16.5. The van der Waals surface area contributed by atoms with E-state index in [0.717, 1.165) is 42.9 Å². The number of rotatable bonds is 13. The van der Waals surface area contributed by atoms with Gasteiger partial charge < -0.3 is 15.0 Å². The maximum Gasteiger partial charge on any atom is 0.245 e. The van der Waals surface area contributed by atoms with Crippen LogP contribution in [0.15, 0.2) is 84.9 Å². The summed E-state index contributed by atoms with van der Waals surface area (Å²) in [6.45, 7) is 8.51. The molecule has 0 spiro atoms. The van der Waals surface area contributed by atoms with E-state index >= 15 is 0 Å². The number of nitrogens with zero attached hydrogens (tertiary/aromatic N) is 3. The molecule has 2 atom stereocenters. The minimum Gasteiger partial charge on any atom is -0.489 e. The van der Waals surface area contributed by atoms with E-state index in [4.69, 9.17) is 4.74 Å². The fourth-order valence-electron chi connectivity index (χ4n) is 5.35. The largest absolute Gasteiger partial charge is 0.489 e. The van der Waals surface area contributed by atoms with Crippen molar-refractivity contribution >= 4 is 11.8 Å². The molecule has 4 rings (SSSR count). The summed E-state index contributed by atoms with van der Waals surface area (Å²) in [5.74, 6) is 1.01. The van der Waals surface area contributed by atoms with Crippen molar-refractivity contribution < 1.29 is 14.3 Å². The van der Waals surface area contributed by atoms with Crippen molar-refractivity contribution in [3.8, 4) is 5.75 Å². The highest BCUT2D eigenvalue weighted by molar-refractivity contribution is 5.90. The second-order valence-corrected chi connectivity index (χ2v) is 11.9. The fourth-order valence-corrected chi connectivity index (χ4v) is 5.35. The summed E-state index contributed by atoms with van der Waals surface area (Å²) in [6.07, 6.45) is 1.15. The van der Waals surface area contributed by atoms with Crippen LogP contribution in [-0.4, -0.2) is 78.9 Å². The monoisotopic (exact) mass is 570 g/mol. The number of ether oxygens (including phenoxy) is 1. The van der Waals surface area contributed by atoms with Crippen molar-refractivity contribution in [2.45, 2.75) is 51.9 Å². The van der Waals surface area contributed by atoms with Crippen LogP contribution in [0.25, 0.3) is 0 Å². The van der Waals surface area contributed by atoms with Gasteiger partial charge in [-0.15, -0.1) is 0 Å². The van der Waals surface area contributed by atoms with Gasteiger partial charge >= 0.3 is 0 Å². The number of carbonyl (C=O) groups is 2. The van der Waals surface area contributed by atoms with Crippen LogP contribution in [0.2, 0.25) is 0 Å². The molecule has 0 bridgehead atoms. The first-order chi connectivity index (χ1) is 20.3. The van der Waals surface area contributed by atoms with E-state index in [2.05, 4.69) is 48.3 Å². The number of nitrogens with one attached hydrogen (secondary N) is 1. The Morgan fingerprint density at radius 2 is 1.40 bits per heavy atom. The molecule has 3 aromatic rings. The highest BCUT2D eigenvalue weighted by Crippen LogP contribution is 2.18. The quantitative estimate of drug-likeness (QED) is 0.325. The molecule has 2 amide bonds. The van der Waals surface area contributed by atoms with E-state index in [1.165, 1.54) is 5.56 Å². The van der Waals surface area contributed by atoms with Crippen LogP contribution in [0.4, 0.5) is 0 Å². The van der Waals surface area contributed by atoms with Crippen LogP contribution in [0.5, 0.6) is 5.75 Å². The topological polar surface area (TPSA) is 65.1 Å². The first kappa shape index (κ1) is 31.3. The highest BCUT2D eigenvalue weighted by Gasteiger charge is 2.31. The second-order valence-electron chi connectivity index (χ2n) is 11.9. The van der Waals surface area contributed by atoms with Crippen LogP contribution in [0, 0.1) is 5.92 Å². The van der Waals surface area contributed by atoms with E-state index in [1.54, 1.807) is 0 Å². The molecule has 42 heavy (non-hydrogen) atoms. The molecule has 1 saturated heterocycles. The average molecular weight is 571 g/mol. The van der Waals surface area contributed by atoms with Gasteiger partial charge in [-0.3, -0.25) is 19.4 Å². The molecular weight excluding hydrogens is 524 g/mol. The molecular formula is C35H46N4O3. The van der Waals surface area contributed by atoms with Gasteiger partial charge in [0.15, 0.2) is 0 Å². The zero-order valence-electron chi connectivity index (χ0n) is 25.5. The Morgan fingerprint density at radius 1 is 0.810 bits per heavy atom. The average Bonchev–Trinajstić information content (AvgIpc) is 3.00. The van der Waals surface area contributed by atoms with Crippen LogP contribution in [-0.2, 0) is 29.2 Å². The lowest BCUT2D eigenvalue weighted by Gasteiger charge is -2.37. The summed E-state index contributed by atoms with van der Waals surface area (Å²) >= 11 is 0. The Kier molecular flexibility index (Phi) is 11.6. The lowest BCUT2D eigenvalue weighted by atomic mass is 10.00. The maximum absolute atomic E-state index is 13.9. The molecule has 0 radical (unpaired) electrons. The van der Waals surface area contributed by atoms with E-state index in [1.807, 2.05) is 84.6 Å². The molecule has 7 heteroatoms. The first-order valence-corrected chi connectivity index (χ1v) is 15.1. The van der Waals surface area contributed by atoms with Crippen molar-refractivity contribution in [1.82, 2.24) is 20.0 Å². The number of piperazine rings is 1. The number of hydrogen-bond acceptors (Lipinski definition) is 5. The number of hydrogen-bond donors (Lipinski definition) is 1. The van der Waals surface area contributed by atoms with E-state index in [9.17, 15) is 9.59 Å². The molecule has 1 aliphatic heterocycles. The maximum atomic E-state index is 13.9. The fraction of sp³-hybridized carbons (Fsp3) is 0.429. The predicted octanol–water partition coefficient (Wildman–Crippen LogP) is 4.61. The molecule has 1 fully saturated rings. The Hall–Kier alpha value is -3.68. The summed E-state index contributed by atoms with van der Waals surface area (Å²) in [5, 5.41) is 3.15. The summed E-state index contributed by atoms with van der Waals surface area (Å²) in [5.41, 5.74) is 3.36. The van der Waals surface area contributed by atoms with Crippen molar-refractivity contribution in [3.05, 3.63) is 102 Å². The number of benzene rings is 3. The minimum absolute atomic E-state index is 0.0193. The second kappa shape index (κ2) is 15.5. The third-order valence-electron chi connectivity index (χ3n) is 7.78.